The molecule has 0 aliphatic heterocycles. The Bertz CT molecular complexity index is 471. The zero-order valence-corrected chi connectivity index (χ0v) is 9.81. The number of hydrogen-bond acceptors (Lipinski definition) is 2. The molecule has 1 aromatic rings. The van der Waals surface area contributed by atoms with Crippen molar-refractivity contribution in [2.45, 2.75) is 0 Å². The number of hydrogen-bond donors (Lipinski definition) is 4. The molecule has 8 heteroatoms. The van der Waals surface area contributed by atoms with E-state index in [2.05, 4.69) is 6.58 Å². The first-order chi connectivity index (χ1) is 7.14. The van der Waals surface area contributed by atoms with Crippen molar-refractivity contribution in [2.24, 2.45) is 0 Å². The van der Waals surface area contributed by atoms with Gasteiger partial charge >= 0.3 is 15.2 Å². The highest BCUT2D eigenvalue weighted by atomic mass is 31.2. The van der Waals surface area contributed by atoms with Gasteiger partial charge in [0.2, 0.25) is 0 Å². The second-order valence-corrected chi connectivity index (χ2v) is 6.28. The van der Waals surface area contributed by atoms with E-state index >= 15 is 0 Å². The molecule has 0 unspecified atom stereocenters. The summed E-state index contributed by atoms with van der Waals surface area (Å²) in [7, 11) is -9.09. The summed E-state index contributed by atoms with van der Waals surface area (Å²) in [5.41, 5.74) is 0.235. The average molecular weight is 264 g/mol. The molecule has 0 saturated heterocycles. The van der Waals surface area contributed by atoms with Gasteiger partial charge in [-0.15, -0.1) is 0 Å². The van der Waals surface area contributed by atoms with Gasteiger partial charge in [0.05, 0.1) is 10.6 Å². The minimum atomic E-state index is -4.55. The summed E-state index contributed by atoms with van der Waals surface area (Å²) < 4.78 is 22.0. The fraction of sp³-hybridized carbons (Fsp3) is 0. The van der Waals surface area contributed by atoms with E-state index in [1.54, 1.807) is 0 Å². The van der Waals surface area contributed by atoms with Gasteiger partial charge in [0, 0.05) is 0 Å². The van der Waals surface area contributed by atoms with Crippen LogP contribution in [0.25, 0.3) is 6.08 Å². The molecule has 0 aromatic heterocycles. The second-order valence-electron chi connectivity index (χ2n) is 3.07. The number of rotatable bonds is 3. The van der Waals surface area contributed by atoms with Crippen molar-refractivity contribution in [3.05, 3.63) is 30.3 Å². The first-order valence-corrected chi connectivity index (χ1v) is 7.27. The molecule has 0 aliphatic rings. The van der Waals surface area contributed by atoms with E-state index < -0.39 is 25.8 Å². The van der Waals surface area contributed by atoms with E-state index in [9.17, 15) is 9.13 Å². The third-order valence-corrected chi connectivity index (χ3v) is 3.70. The SMILES string of the molecule is C=Cc1cc(P(=O)(O)O)cc(P(=O)(O)O)c1. The Morgan fingerprint density at radius 2 is 1.31 bits per heavy atom. The Labute approximate surface area is 91.6 Å². The molecule has 0 amide bonds. The molecule has 0 bridgehead atoms. The van der Waals surface area contributed by atoms with E-state index in [-0.39, 0.29) is 5.56 Å². The second kappa shape index (κ2) is 4.26. The van der Waals surface area contributed by atoms with Gasteiger partial charge in [-0.25, -0.2) is 0 Å². The molecular weight excluding hydrogens is 254 g/mol. The molecule has 0 atom stereocenters. The fourth-order valence-electron chi connectivity index (χ4n) is 1.07. The lowest BCUT2D eigenvalue weighted by molar-refractivity contribution is 0.386. The first-order valence-electron chi connectivity index (χ1n) is 4.04. The summed E-state index contributed by atoms with van der Waals surface area (Å²) in [4.78, 5) is 35.7. The van der Waals surface area contributed by atoms with E-state index in [0.29, 0.717) is 0 Å². The summed E-state index contributed by atoms with van der Waals surface area (Å²) in [6, 6.07) is 3.06. The Hall–Kier alpha value is -0.740. The molecule has 88 valence electrons. The van der Waals surface area contributed by atoms with Gasteiger partial charge in [0.25, 0.3) is 0 Å². The molecule has 16 heavy (non-hydrogen) atoms. The van der Waals surface area contributed by atoms with Gasteiger partial charge in [-0.2, -0.15) is 0 Å². The minimum absolute atomic E-state index is 0.235. The minimum Gasteiger partial charge on any atom is -0.321 e. The van der Waals surface area contributed by atoms with Gasteiger partial charge in [-0.05, 0) is 23.8 Å². The van der Waals surface area contributed by atoms with Gasteiger partial charge in [0.15, 0.2) is 0 Å². The van der Waals surface area contributed by atoms with Crippen LogP contribution in [0.4, 0.5) is 0 Å². The maximum Gasteiger partial charge on any atom is 0.356 e. The average Bonchev–Trinajstić information content (AvgIpc) is 2.14. The van der Waals surface area contributed by atoms with Crippen LogP contribution in [0.2, 0.25) is 0 Å². The smallest absolute Gasteiger partial charge is 0.321 e. The molecule has 1 rings (SSSR count). The van der Waals surface area contributed by atoms with Crippen LogP contribution in [0.1, 0.15) is 5.56 Å². The van der Waals surface area contributed by atoms with E-state index in [1.165, 1.54) is 6.08 Å². The van der Waals surface area contributed by atoms with Crippen molar-refractivity contribution in [1.82, 2.24) is 0 Å². The van der Waals surface area contributed by atoms with E-state index in [1.807, 2.05) is 0 Å². The normalized spacial score (nSPS) is 12.5. The molecule has 0 spiro atoms. The molecule has 4 N–H and O–H groups in total. The van der Waals surface area contributed by atoms with Gasteiger partial charge < -0.3 is 19.6 Å². The highest BCUT2D eigenvalue weighted by Gasteiger charge is 2.24. The Morgan fingerprint density at radius 1 is 0.938 bits per heavy atom. The lowest BCUT2D eigenvalue weighted by atomic mass is 10.2. The summed E-state index contributed by atoms with van der Waals surface area (Å²) in [6.07, 6.45) is 1.25. The molecule has 0 fully saturated rings. The molecule has 1 aromatic carbocycles. The maximum atomic E-state index is 11.0. The number of benzene rings is 1. The maximum absolute atomic E-state index is 11.0. The van der Waals surface area contributed by atoms with Crippen LogP contribution < -0.4 is 10.6 Å². The summed E-state index contributed by atoms with van der Waals surface area (Å²) >= 11 is 0. The van der Waals surface area contributed by atoms with Crippen molar-refractivity contribution in [2.75, 3.05) is 0 Å². The molecule has 6 nitrogen and oxygen atoms in total. The molecule has 0 aliphatic carbocycles. The van der Waals surface area contributed by atoms with Crippen LogP contribution >= 0.6 is 15.2 Å². The van der Waals surface area contributed by atoms with E-state index in [0.717, 1.165) is 18.2 Å². The predicted octanol–water partition coefficient (Wildman–Crippen LogP) is -0.0644. The molecule has 0 heterocycles. The third kappa shape index (κ3) is 3.12. The standard InChI is InChI=1S/C8H10O6P2/c1-2-6-3-7(15(9,10)11)5-8(4-6)16(12,13)14/h2-5H,1H2,(H2,9,10,11)(H2,12,13,14). The highest BCUT2D eigenvalue weighted by molar-refractivity contribution is 7.61. The topological polar surface area (TPSA) is 115 Å². The van der Waals surface area contributed by atoms with Crippen molar-refractivity contribution < 1.29 is 28.7 Å². The van der Waals surface area contributed by atoms with Crippen molar-refractivity contribution in [3.63, 3.8) is 0 Å². The van der Waals surface area contributed by atoms with Gasteiger partial charge in [-0.1, -0.05) is 12.7 Å². The largest absolute Gasteiger partial charge is 0.356 e. The van der Waals surface area contributed by atoms with Gasteiger partial charge in [0.1, 0.15) is 0 Å². The van der Waals surface area contributed by atoms with Crippen LogP contribution in [0, 0.1) is 0 Å². The van der Waals surface area contributed by atoms with Crippen molar-refractivity contribution in [3.8, 4) is 0 Å². The summed E-state index contributed by atoms with van der Waals surface area (Å²) in [6.45, 7) is 3.37. The summed E-state index contributed by atoms with van der Waals surface area (Å²) in [5.74, 6) is 0. The molecular formula is C8H10O6P2. The Kier molecular flexibility index (Phi) is 3.55. The Balaban J connectivity index is 3.51. The van der Waals surface area contributed by atoms with E-state index in [4.69, 9.17) is 19.6 Å². The molecule has 0 saturated carbocycles. The lowest BCUT2D eigenvalue weighted by Gasteiger charge is -2.09. The van der Waals surface area contributed by atoms with Crippen molar-refractivity contribution in [1.29, 1.82) is 0 Å². The lowest BCUT2D eigenvalue weighted by Crippen LogP contribution is -2.14. The molecule has 0 radical (unpaired) electrons. The van der Waals surface area contributed by atoms with Crippen LogP contribution in [0.5, 0.6) is 0 Å². The first kappa shape index (κ1) is 13.3. The van der Waals surface area contributed by atoms with Gasteiger partial charge in [-0.3, -0.25) is 9.13 Å². The third-order valence-electron chi connectivity index (χ3n) is 1.83. The highest BCUT2D eigenvalue weighted by Crippen LogP contribution is 2.37. The van der Waals surface area contributed by atoms with Crippen LogP contribution in [0.3, 0.4) is 0 Å². The zero-order valence-electron chi connectivity index (χ0n) is 8.02. The van der Waals surface area contributed by atoms with Crippen LogP contribution in [-0.4, -0.2) is 19.6 Å². The summed E-state index contributed by atoms with van der Waals surface area (Å²) in [5, 5.41) is -0.883. The van der Waals surface area contributed by atoms with Crippen LogP contribution in [-0.2, 0) is 9.13 Å². The predicted molar refractivity (Wildman–Crippen MR) is 59.9 cm³/mol. The monoisotopic (exact) mass is 264 g/mol. The fourth-order valence-corrected chi connectivity index (χ4v) is 2.42. The quantitative estimate of drug-likeness (QED) is 0.568. The van der Waals surface area contributed by atoms with Crippen molar-refractivity contribution >= 4 is 31.9 Å². The van der Waals surface area contributed by atoms with Crippen LogP contribution in [0.15, 0.2) is 24.8 Å². The Morgan fingerprint density at radius 3 is 1.56 bits per heavy atom. The zero-order chi connectivity index (χ0) is 12.6.